The molecule has 1 unspecified atom stereocenters. The number of rotatable bonds is 5. The van der Waals surface area contributed by atoms with Gasteiger partial charge >= 0.3 is 5.97 Å². The molecule has 1 amide bonds. The Kier molecular flexibility index (Phi) is 6.01. The molecule has 17 heavy (non-hydrogen) atoms. The minimum atomic E-state index is -0.296. The molecule has 0 aromatic rings. The Morgan fingerprint density at radius 3 is 2.82 bits per heavy atom. The predicted octanol–water partition coefficient (Wildman–Crippen LogP) is 1.98. The molecule has 0 N–H and O–H groups in total. The molecule has 4 nitrogen and oxygen atoms in total. The summed E-state index contributed by atoms with van der Waals surface area (Å²) >= 11 is 0. The van der Waals surface area contributed by atoms with E-state index in [0.717, 1.165) is 19.3 Å². The minimum Gasteiger partial charge on any atom is -0.465 e. The van der Waals surface area contributed by atoms with Crippen LogP contribution in [0.25, 0.3) is 0 Å². The molecule has 1 rings (SSSR count). The monoisotopic (exact) mass is 241 g/mol. The van der Waals surface area contributed by atoms with E-state index in [1.807, 2.05) is 0 Å². The first-order valence-electron chi connectivity index (χ1n) is 6.60. The van der Waals surface area contributed by atoms with Crippen LogP contribution < -0.4 is 0 Å². The highest BCUT2D eigenvalue weighted by atomic mass is 16.5. The highest BCUT2D eigenvalue weighted by Gasteiger charge is 2.23. The third kappa shape index (κ3) is 4.75. The topological polar surface area (TPSA) is 46.6 Å². The molecule has 0 aliphatic carbocycles. The normalized spacial score (nSPS) is 21.2. The molecule has 1 heterocycles. The second-order valence-electron chi connectivity index (χ2n) is 4.60. The zero-order valence-electron chi connectivity index (χ0n) is 10.9. The maximum absolute atomic E-state index is 11.8. The van der Waals surface area contributed by atoms with E-state index in [4.69, 9.17) is 4.74 Å². The second-order valence-corrected chi connectivity index (χ2v) is 4.60. The molecule has 0 saturated carbocycles. The van der Waals surface area contributed by atoms with E-state index in [2.05, 4.69) is 6.92 Å². The Morgan fingerprint density at radius 1 is 1.41 bits per heavy atom. The summed E-state index contributed by atoms with van der Waals surface area (Å²) in [5, 5.41) is 0. The number of ether oxygens (including phenoxy) is 1. The summed E-state index contributed by atoms with van der Waals surface area (Å²) in [6.45, 7) is 5.13. The molecular weight excluding hydrogens is 218 g/mol. The molecular formula is C13H23NO3. The Balaban J connectivity index is 2.44. The van der Waals surface area contributed by atoms with E-state index < -0.39 is 0 Å². The molecule has 0 aromatic carbocycles. The van der Waals surface area contributed by atoms with Crippen LogP contribution >= 0.6 is 0 Å². The lowest BCUT2D eigenvalue weighted by Gasteiger charge is -2.19. The van der Waals surface area contributed by atoms with Crippen molar-refractivity contribution in [1.82, 2.24) is 4.90 Å². The number of hydrogen-bond acceptors (Lipinski definition) is 3. The van der Waals surface area contributed by atoms with Crippen molar-refractivity contribution in [1.29, 1.82) is 0 Å². The molecule has 0 radical (unpaired) electrons. The minimum absolute atomic E-state index is 0.0941. The van der Waals surface area contributed by atoms with Gasteiger partial charge < -0.3 is 9.64 Å². The molecule has 1 aliphatic rings. The van der Waals surface area contributed by atoms with Gasteiger partial charge in [-0.2, -0.15) is 0 Å². The van der Waals surface area contributed by atoms with Crippen molar-refractivity contribution in [2.24, 2.45) is 5.92 Å². The van der Waals surface area contributed by atoms with E-state index in [9.17, 15) is 9.59 Å². The highest BCUT2D eigenvalue weighted by molar-refractivity contribution is 5.82. The predicted molar refractivity (Wildman–Crippen MR) is 65.5 cm³/mol. The lowest BCUT2D eigenvalue weighted by Crippen LogP contribution is -2.36. The number of hydrogen-bond donors (Lipinski definition) is 0. The standard InChI is InChI=1S/C13H23NO3/c1-3-5-11-6-7-12(15)14(9-8-11)10-13(16)17-4-2/h11H,3-10H2,1-2H3. The molecule has 0 aromatic heterocycles. The van der Waals surface area contributed by atoms with Crippen molar-refractivity contribution in [3.8, 4) is 0 Å². The van der Waals surface area contributed by atoms with Gasteiger partial charge in [-0.3, -0.25) is 9.59 Å². The summed E-state index contributed by atoms with van der Waals surface area (Å²) in [4.78, 5) is 24.8. The molecule has 1 aliphatic heterocycles. The van der Waals surface area contributed by atoms with Crippen LogP contribution in [0, 0.1) is 5.92 Å². The van der Waals surface area contributed by atoms with Crippen molar-refractivity contribution in [3.63, 3.8) is 0 Å². The van der Waals surface area contributed by atoms with Crippen LogP contribution in [0.5, 0.6) is 0 Å². The Bertz CT molecular complexity index is 265. The maximum Gasteiger partial charge on any atom is 0.325 e. The van der Waals surface area contributed by atoms with Crippen LogP contribution in [0.1, 0.15) is 46.0 Å². The largest absolute Gasteiger partial charge is 0.465 e. The fourth-order valence-corrected chi connectivity index (χ4v) is 2.32. The number of esters is 1. The van der Waals surface area contributed by atoms with Gasteiger partial charge in [0.15, 0.2) is 0 Å². The van der Waals surface area contributed by atoms with Crippen molar-refractivity contribution < 1.29 is 14.3 Å². The lowest BCUT2D eigenvalue weighted by atomic mass is 9.96. The average Bonchev–Trinajstić information content (AvgIpc) is 2.45. The van der Waals surface area contributed by atoms with Gasteiger partial charge in [-0.05, 0) is 25.7 Å². The first kappa shape index (κ1) is 14.0. The molecule has 1 saturated heterocycles. The van der Waals surface area contributed by atoms with Gasteiger partial charge in [0.25, 0.3) is 0 Å². The van der Waals surface area contributed by atoms with Gasteiger partial charge in [0.05, 0.1) is 6.61 Å². The first-order valence-corrected chi connectivity index (χ1v) is 6.60. The average molecular weight is 241 g/mol. The molecule has 4 heteroatoms. The number of likely N-dealkylation sites (tertiary alicyclic amines) is 1. The van der Waals surface area contributed by atoms with Gasteiger partial charge in [0.1, 0.15) is 6.54 Å². The number of amides is 1. The fourth-order valence-electron chi connectivity index (χ4n) is 2.32. The van der Waals surface area contributed by atoms with E-state index >= 15 is 0 Å². The van der Waals surface area contributed by atoms with Gasteiger partial charge in [0.2, 0.25) is 5.91 Å². The second kappa shape index (κ2) is 7.30. The van der Waals surface area contributed by atoms with Crippen LogP contribution in [-0.4, -0.2) is 36.5 Å². The number of nitrogens with zero attached hydrogens (tertiary/aromatic N) is 1. The van der Waals surface area contributed by atoms with Gasteiger partial charge in [-0.25, -0.2) is 0 Å². The zero-order chi connectivity index (χ0) is 12.7. The van der Waals surface area contributed by atoms with Crippen molar-refractivity contribution in [2.45, 2.75) is 46.0 Å². The van der Waals surface area contributed by atoms with Crippen LogP contribution in [0.3, 0.4) is 0 Å². The van der Waals surface area contributed by atoms with E-state index in [1.54, 1.807) is 11.8 Å². The molecule has 1 atom stereocenters. The third-order valence-electron chi connectivity index (χ3n) is 3.25. The summed E-state index contributed by atoms with van der Waals surface area (Å²) < 4.78 is 4.88. The fraction of sp³-hybridized carbons (Fsp3) is 0.846. The number of carbonyl (C=O) groups is 2. The van der Waals surface area contributed by atoms with E-state index in [-0.39, 0.29) is 18.4 Å². The molecule has 1 fully saturated rings. The summed E-state index contributed by atoms with van der Waals surface area (Å²) in [6.07, 6.45) is 4.90. The van der Waals surface area contributed by atoms with Crippen molar-refractivity contribution in [3.05, 3.63) is 0 Å². The van der Waals surface area contributed by atoms with Crippen LogP contribution in [0.15, 0.2) is 0 Å². The Hall–Kier alpha value is -1.06. The molecule has 0 bridgehead atoms. The van der Waals surface area contributed by atoms with Crippen molar-refractivity contribution >= 4 is 11.9 Å². The summed E-state index contributed by atoms with van der Waals surface area (Å²) in [5.41, 5.74) is 0. The quantitative estimate of drug-likeness (QED) is 0.691. The maximum atomic E-state index is 11.8. The number of carbonyl (C=O) groups excluding carboxylic acids is 2. The molecule has 0 spiro atoms. The third-order valence-corrected chi connectivity index (χ3v) is 3.25. The summed E-state index contributed by atoms with van der Waals surface area (Å²) in [6, 6.07) is 0. The van der Waals surface area contributed by atoms with Crippen LogP contribution in [0.4, 0.5) is 0 Å². The van der Waals surface area contributed by atoms with Crippen LogP contribution in [0.2, 0.25) is 0 Å². The van der Waals surface area contributed by atoms with Crippen molar-refractivity contribution in [2.75, 3.05) is 19.7 Å². The van der Waals surface area contributed by atoms with Gasteiger partial charge in [0, 0.05) is 13.0 Å². The Labute approximate surface area is 103 Å². The summed E-state index contributed by atoms with van der Waals surface area (Å²) in [5.74, 6) is 0.433. The van der Waals surface area contributed by atoms with Gasteiger partial charge in [-0.1, -0.05) is 19.8 Å². The first-order chi connectivity index (χ1) is 8.17. The highest BCUT2D eigenvalue weighted by Crippen LogP contribution is 2.22. The molecule has 98 valence electrons. The van der Waals surface area contributed by atoms with E-state index in [0.29, 0.717) is 25.5 Å². The van der Waals surface area contributed by atoms with E-state index in [1.165, 1.54) is 6.42 Å². The van der Waals surface area contributed by atoms with Gasteiger partial charge in [-0.15, -0.1) is 0 Å². The Morgan fingerprint density at radius 2 is 2.18 bits per heavy atom. The summed E-state index contributed by atoms with van der Waals surface area (Å²) in [7, 11) is 0. The van der Waals surface area contributed by atoms with Crippen LogP contribution in [-0.2, 0) is 14.3 Å². The SMILES string of the molecule is CCCC1CCC(=O)N(CC(=O)OCC)CC1. The smallest absolute Gasteiger partial charge is 0.325 e. The lowest BCUT2D eigenvalue weighted by molar-refractivity contribution is -0.148. The zero-order valence-corrected chi connectivity index (χ0v) is 10.9.